The molecule has 0 aromatic heterocycles. The summed E-state index contributed by atoms with van der Waals surface area (Å²) < 4.78 is 5.78. The lowest BCUT2D eigenvalue weighted by atomic mass is 9.93. The van der Waals surface area contributed by atoms with Crippen LogP contribution < -0.4 is 5.32 Å². The number of rotatable bonds is 1. The summed E-state index contributed by atoms with van der Waals surface area (Å²) in [5, 5.41) is 4.27. The lowest BCUT2D eigenvalue weighted by Crippen LogP contribution is -2.47. The van der Waals surface area contributed by atoms with Crippen molar-refractivity contribution in [2.75, 3.05) is 13.2 Å². The van der Waals surface area contributed by atoms with Crippen LogP contribution in [0.4, 0.5) is 0 Å². The molecule has 0 radical (unpaired) electrons. The number of hydrogen-bond donors (Lipinski definition) is 1. The van der Waals surface area contributed by atoms with Gasteiger partial charge in [-0.3, -0.25) is 0 Å². The molecule has 1 N–H and O–H groups in total. The third-order valence-electron chi connectivity index (χ3n) is 2.79. The molecule has 1 unspecified atom stereocenters. The Balaban J connectivity index is 1.88. The molecule has 1 fully saturated rings. The van der Waals surface area contributed by atoms with Crippen LogP contribution >= 0.6 is 11.6 Å². The Bertz CT molecular complexity index is 254. The van der Waals surface area contributed by atoms with E-state index in [0.29, 0.717) is 18.1 Å². The Morgan fingerprint density at radius 1 is 1.57 bits per heavy atom. The van der Waals surface area contributed by atoms with Gasteiger partial charge in [0.2, 0.25) is 0 Å². The average molecular weight is 214 g/mol. The summed E-state index contributed by atoms with van der Waals surface area (Å²) in [4.78, 5) is 0. The number of halogens is 1. The van der Waals surface area contributed by atoms with Gasteiger partial charge in [-0.2, -0.15) is 0 Å². The molecule has 1 saturated heterocycles. The minimum atomic E-state index is 0.309. The Morgan fingerprint density at radius 2 is 2.43 bits per heavy atom. The maximum absolute atomic E-state index is 5.86. The van der Waals surface area contributed by atoms with Crippen LogP contribution in [0.3, 0.4) is 0 Å². The SMILES string of the molecule is C[C@H]1CO[C@@H](C2C=CC(Cl)=CC2)CN1. The minimum absolute atomic E-state index is 0.309. The first-order chi connectivity index (χ1) is 6.75. The number of morpholine rings is 1. The van der Waals surface area contributed by atoms with E-state index in [1.165, 1.54) is 0 Å². The van der Waals surface area contributed by atoms with Crippen LogP contribution in [0.25, 0.3) is 0 Å². The molecule has 3 heteroatoms. The van der Waals surface area contributed by atoms with Crippen molar-refractivity contribution in [3.63, 3.8) is 0 Å². The number of hydrogen-bond acceptors (Lipinski definition) is 2. The van der Waals surface area contributed by atoms with E-state index in [-0.39, 0.29) is 0 Å². The van der Waals surface area contributed by atoms with E-state index in [2.05, 4.69) is 24.4 Å². The smallest absolute Gasteiger partial charge is 0.0765 e. The molecule has 0 aromatic carbocycles. The zero-order valence-corrected chi connectivity index (χ0v) is 9.13. The Hall–Kier alpha value is -0.310. The van der Waals surface area contributed by atoms with Gasteiger partial charge >= 0.3 is 0 Å². The quantitative estimate of drug-likeness (QED) is 0.720. The van der Waals surface area contributed by atoms with Gasteiger partial charge in [0, 0.05) is 23.5 Å². The first kappa shape index (κ1) is 10.2. The van der Waals surface area contributed by atoms with Crippen molar-refractivity contribution < 1.29 is 4.74 Å². The third-order valence-corrected chi connectivity index (χ3v) is 3.07. The molecule has 1 aliphatic heterocycles. The first-order valence-corrected chi connectivity index (χ1v) is 5.52. The summed E-state index contributed by atoms with van der Waals surface area (Å²) in [6.07, 6.45) is 7.49. The molecule has 0 amide bonds. The van der Waals surface area contributed by atoms with Gasteiger partial charge in [-0.15, -0.1) is 0 Å². The predicted octanol–water partition coefficient (Wildman–Crippen LogP) is 2.06. The van der Waals surface area contributed by atoms with Crippen LogP contribution in [-0.4, -0.2) is 25.3 Å². The zero-order valence-electron chi connectivity index (χ0n) is 8.37. The Morgan fingerprint density at radius 3 is 3.00 bits per heavy atom. The number of nitrogens with one attached hydrogen (secondary N) is 1. The molecular formula is C11H16ClNO. The summed E-state index contributed by atoms with van der Waals surface area (Å²) in [5.41, 5.74) is 0. The molecule has 2 rings (SSSR count). The van der Waals surface area contributed by atoms with Crippen molar-refractivity contribution >= 4 is 11.6 Å². The molecule has 2 aliphatic rings. The van der Waals surface area contributed by atoms with Gasteiger partial charge in [0.15, 0.2) is 0 Å². The summed E-state index contributed by atoms with van der Waals surface area (Å²) in [6.45, 7) is 3.90. The predicted molar refractivity (Wildman–Crippen MR) is 58.4 cm³/mol. The standard InChI is InChI=1S/C11H16ClNO/c1-8-7-14-11(6-13-8)9-2-4-10(12)5-3-9/h2,4-5,8-9,11,13H,3,6-7H2,1H3/t8-,9?,11+/m0/s1. The highest BCUT2D eigenvalue weighted by Gasteiger charge is 2.25. The van der Waals surface area contributed by atoms with Crippen molar-refractivity contribution in [2.45, 2.75) is 25.5 Å². The largest absolute Gasteiger partial charge is 0.375 e. The highest BCUT2D eigenvalue weighted by atomic mass is 35.5. The van der Waals surface area contributed by atoms with Crippen LogP contribution in [0.2, 0.25) is 0 Å². The van der Waals surface area contributed by atoms with Crippen molar-refractivity contribution in [3.05, 3.63) is 23.3 Å². The van der Waals surface area contributed by atoms with Gasteiger partial charge in [0.25, 0.3) is 0 Å². The fourth-order valence-corrected chi connectivity index (χ4v) is 2.03. The highest BCUT2D eigenvalue weighted by Crippen LogP contribution is 2.24. The van der Waals surface area contributed by atoms with Gasteiger partial charge in [0.1, 0.15) is 0 Å². The topological polar surface area (TPSA) is 21.3 Å². The van der Waals surface area contributed by atoms with Crippen molar-refractivity contribution in [3.8, 4) is 0 Å². The summed E-state index contributed by atoms with van der Waals surface area (Å²) in [5.74, 6) is 0.484. The van der Waals surface area contributed by atoms with Gasteiger partial charge in [-0.1, -0.05) is 23.8 Å². The second kappa shape index (κ2) is 4.47. The second-order valence-electron chi connectivity index (χ2n) is 4.03. The monoisotopic (exact) mass is 213 g/mol. The van der Waals surface area contributed by atoms with E-state index in [1.807, 2.05) is 6.08 Å². The number of allylic oxidation sites excluding steroid dienone is 3. The molecule has 0 saturated carbocycles. The van der Waals surface area contributed by atoms with E-state index in [0.717, 1.165) is 24.6 Å². The highest BCUT2D eigenvalue weighted by molar-refractivity contribution is 6.31. The fourth-order valence-electron chi connectivity index (χ4n) is 1.86. The van der Waals surface area contributed by atoms with Crippen LogP contribution in [0, 0.1) is 5.92 Å². The van der Waals surface area contributed by atoms with E-state index in [4.69, 9.17) is 16.3 Å². The minimum Gasteiger partial charge on any atom is -0.375 e. The van der Waals surface area contributed by atoms with Crippen molar-refractivity contribution in [1.29, 1.82) is 0 Å². The van der Waals surface area contributed by atoms with E-state index >= 15 is 0 Å². The average Bonchev–Trinajstić information content (AvgIpc) is 2.21. The molecular weight excluding hydrogens is 198 g/mol. The van der Waals surface area contributed by atoms with Crippen molar-refractivity contribution in [2.24, 2.45) is 5.92 Å². The fraction of sp³-hybridized carbons (Fsp3) is 0.636. The maximum atomic E-state index is 5.86. The molecule has 78 valence electrons. The van der Waals surface area contributed by atoms with Crippen molar-refractivity contribution in [1.82, 2.24) is 5.32 Å². The molecule has 1 heterocycles. The number of ether oxygens (including phenoxy) is 1. The molecule has 3 atom stereocenters. The van der Waals surface area contributed by atoms with Crippen LogP contribution in [0.5, 0.6) is 0 Å². The molecule has 0 spiro atoms. The van der Waals surface area contributed by atoms with E-state index in [1.54, 1.807) is 0 Å². The first-order valence-electron chi connectivity index (χ1n) is 5.14. The van der Waals surface area contributed by atoms with Gasteiger partial charge < -0.3 is 10.1 Å². The van der Waals surface area contributed by atoms with Gasteiger partial charge in [0.05, 0.1) is 12.7 Å². The summed E-state index contributed by atoms with van der Waals surface area (Å²) in [7, 11) is 0. The van der Waals surface area contributed by atoms with Crippen LogP contribution in [0.15, 0.2) is 23.3 Å². The summed E-state index contributed by atoms with van der Waals surface area (Å²) in [6, 6.07) is 0.484. The molecule has 0 bridgehead atoms. The lowest BCUT2D eigenvalue weighted by molar-refractivity contribution is -0.0145. The molecule has 0 aromatic rings. The van der Waals surface area contributed by atoms with E-state index < -0.39 is 0 Å². The Labute approximate surface area is 90.0 Å². The second-order valence-corrected chi connectivity index (χ2v) is 4.47. The third kappa shape index (κ3) is 2.38. The Kier molecular flexibility index (Phi) is 3.26. The van der Waals surface area contributed by atoms with Crippen LogP contribution in [-0.2, 0) is 4.74 Å². The summed E-state index contributed by atoms with van der Waals surface area (Å²) >= 11 is 5.86. The van der Waals surface area contributed by atoms with Gasteiger partial charge in [-0.25, -0.2) is 0 Å². The lowest BCUT2D eigenvalue weighted by Gasteiger charge is -2.33. The molecule has 14 heavy (non-hydrogen) atoms. The van der Waals surface area contributed by atoms with Gasteiger partial charge in [-0.05, 0) is 19.4 Å². The van der Waals surface area contributed by atoms with Crippen LogP contribution in [0.1, 0.15) is 13.3 Å². The maximum Gasteiger partial charge on any atom is 0.0765 e. The zero-order chi connectivity index (χ0) is 9.97. The molecule has 1 aliphatic carbocycles. The molecule has 2 nitrogen and oxygen atoms in total. The normalized spacial score (nSPS) is 38.1. The van der Waals surface area contributed by atoms with E-state index in [9.17, 15) is 0 Å².